The highest BCUT2D eigenvalue weighted by atomic mass is 79.9. The zero-order chi connectivity index (χ0) is 25.9. The highest BCUT2D eigenvalue weighted by molar-refractivity contribution is 9.10. The third-order valence-corrected chi connectivity index (χ3v) is 5.95. The lowest BCUT2D eigenvalue weighted by Crippen LogP contribution is -2.49. The molecule has 3 aromatic carbocycles. The molecule has 0 aliphatic carbocycles. The normalized spacial score (nSPS) is 10.4. The summed E-state index contributed by atoms with van der Waals surface area (Å²) in [4.78, 5) is 24.7. The molecule has 0 bridgehead atoms. The van der Waals surface area contributed by atoms with Crippen LogP contribution in [-0.4, -0.2) is 30.1 Å². The second-order valence-electron chi connectivity index (χ2n) is 8.17. The number of para-hydroxylation sites is 1. The van der Waals surface area contributed by atoms with Crippen molar-refractivity contribution in [2.75, 3.05) is 13.2 Å². The molecule has 7 nitrogen and oxygen atoms in total. The number of carbonyl (C=O) groups excluding carboxylic acids is 2. The van der Waals surface area contributed by atoms with Crippen molar-refractivity contribution in [2.24, 2.45) is 0 Å². The average molecular weight is 571 g/mol. The number of halogens is 1. The number of ether oxygens (including phenoxy) is 2. The number of benzene rings is 3. The van der Waals surface area contributed by atoms with Gasteiger partial charge in [-0.3, -0.25) is 25.8 Å². The molecule has 3 rings (SSSR count). The average Bonchev–Trinajstić information content (AvgIpc) is 2.87. The number of thiocarbonyl (C=S) groups is 1. The van der Waals surface area contributed by atoms with Crippen molar-refractivity contribution in [1.29, 1.82) is 0 Å². The molecule has 0 aliphatic heterocycles. The van der Waals surface area contributed by atoms with Gasteiger partial charge in [0.25, 0.3) is 11.8 Å². The minimum atomic E-state index is -0.440. The minimum absolute atomic E-state index is 0.0461. The largest absolute Gasteiger partial charge is 0.492 e. The molecule has 0 spiro atoms. The fourth-order valence-electron chi connectivity index (χ4n) is 3.28. The Labute approximate surface area is 224 Å². The zero-order valence-electron chi connectivity index (χ0n) is 20.0. The molecule has 0 saturated carbocycles. The lowest BCUT2D eigenvalue weighted by atomic mass is 10.0. The van der Waals surface area contributed by atoms with Crippen molar-refractivity contribution in [3.63, 3.8) is 0 Å². The number of nitrogens with one attached hydrogen (secondary N) is 3. The smallest absolute Gasteiger partial charge is 0.276 e. The number of hydrogen-bond acceptors (Lipinski definition) is 5. The van der Waals surface area contributed by atoms with E-state index in [9.17, 15) is 9.59 Å². The van der Waals surface area contributed by atoms with E-state index in [0.717, 1.165) is 12.0 Å². The Hall–Kier alpha value is -3.43. The summed E-state index contributed by atoms with van der Waals surface area (Å²) in [6, 6.07) is 22.6. The summed E-state index contributed by atoms with van der Waals surface area (Å²) in [6.07, 6.45) is 0.774. The highest BCUT2D eigenvalue weighted by Gasteiger charge is 2.13. The van der Waals surface area contributed by atoms with E-state index < -0.39 is 11.8 Å². The standard InChI is InChI=1S/C27H28BrN3O4S/c1-18(2)21-10-6-7-11-23(21)35-17-25(32)30-31-27(36)29-26(33)20-12-13-24(22(28)16-20)34-15-14-19-8-4-3-5-9-19/h3-13,16,18H,14-15,17H2,1-2H3,(H,30,32)(H2,29,31,33,36). The fraction of sp³-hybridized carbons (Fsp3) is 0.222. The number of hydrazine groups is 1. The van der Waals surface area contributed by atoms with Gasteiger partial charge in [-0.2, -0.15) is 0 Å². The van der Waals surface area contributed by atoms with Gasteiger partial charge in [0.05, 0.1) is 11.1 Å². The van der Waals surface area contributed by atoms with Crippen LogP contribution in [0.25, 0.3) is 0 Å². The van der Waals surface area contributed by atoms with Gasteiger partial charge in [0, 0.05) is 12.0 Å². The Bertz CT molecular complexity index is 1200. The predicted octanol–water partition coefficient (Wildman–Crippen LogP) is 4.91. The maximum atomic E-state index is 12.5. The monoisotopic (exact) mass is 569 g/mol. The zero-order valence-corrected chi connectivity index (χ0v) is 22.4. The highest BCUT2D eigenvalue weighted by Crippen LogP contribution is 2.27. The second kappa shape index (κ2) is 13.6. The molecule has 3 aromatic rings. The molecule has 0 heterocycles. The van der Waals surface area contributed by atoms with Gasteiger partial charge in [0.15, 0.2) is 11.7 Å². The van der Waals surface area contributed by atoms with E-state index in [1.807, 2.05) is 54.6 Å². The number of carbonyl (C=O) groups is 2. The maximum Gasteiger partial charge on any atom is 0.276 e. The van der Waals surface area contributed by atoms with Crippen LogP contribution in [0.3, 0.4) is 0 Å². The van der Waals surface area contributed by atoms with Gasteiger partial charge in [0.1, 0.15) is 11.5 Å². The van der Waals surface area contributed by atoms with Gasteiger partial charge in [-0.15, -0.1) is 0 Å². The van der Waals surface area contributed by atoms with Crippen molar-refractivity contribution in [3.05, 3.63) is 94.0 Å². The minimum Gasteiger partial charge on any atom is -0.492 e. The lowest BCUT2D eigenvalue weighted by molar-refractivity contribution is -0.123. The van der Waals surface area contributed by atoms with E-state index in [0.29, 0.717) is 28.1 Å². The van der Waals surface area contributed by atoms with Gasteiger partial charge in [0.2, 0.25) is 0 Å². The molecule has 36 heavy (non-hydrogen) atoms. The molecule has 9 heteroatoms. The molecule has 0 aliphatic rings. The molecule has 2 amide bonds. The third kappa shape index (κ3) is 8.35. The molecule has 188 valence electrons. The summed E-state index contributed by atoms with van der Waals surface area (Å²) < 4.78 is 12.1. The Balaban J connectivity index is 1.42. The molecule has 0 unspecified atom stereocenters. The van der Waals surface area contributed by atoms with Crippen LogP contribution >= 0.6 is 28.1 Å². The molecule has 0 saturated heterocycles. The molecule has 3 N–H and O–H groups in total. The first-order chi connectivity index (χ1) is 17.3. The number of rotatable bonds is 9. The van der Waals surface area contributed by atoms with Gasteiger partial charge < -0.3 is 9.47 Å². The van der Waals surface area contributed by atoms with Crippen LogP contribution in [0.4, 0.5) is 0 Å². The van der Waals surface area contributed by atoms with Crippen LogP contribution in [0.1, 0.15) is 41.3 Å². The van der Waals surface area contributed by atoms with Crippen molar-refractivity contribution in [3.8, 4) is 11.5 Å². The molecule has 0 atom stereocenters. The topological polar surface area (TPSA) is 88.7 Å². The second-order valence-corrected chi connectivity index (χ2v) is 9.43. The van der Waals surface area contributed by atoms with Crippen LogP contribution in [0.2, 0.25) is 0 Å². The molecular formula is C27H28BrN3O4S. The lowest BCUT2D eigenvalue weighted by Gasteiger charge is -2.15. The summed E-state index contributed by atoms with van der Waals surface area (Å²) in [5.41, 5.74) is 7.50. The fourth-order valence-corrected chi connectivity index (χ4v) is 3.92. The molecule has 0 radical (unpaired) electrons. The first-order valence-electron chi connectivity index (χ1n) is 11.4. The van der Waals surface area contributed by atoms with Gasteiger partial charge >= 0.3 is 0 Å². The van der Waals surface area contributed by atoms with Crippen molar-refractivity contribution in [2.45, 2.75) is 26.2 Å². The van der Waals surface area contributed by atoms with Gasteiger partial charge in [-0.25, -0.2) is 0 Å². The Kier molecular flexibility index (Phi) is 10.3. The predicted molar refractivity (Wildman–Crippen MR) is 147 cm³/mol. The molecule has 0 aromatic heterocycles. The first-order valence-corrected chi connectivity index (χ1v) is 12.6. The summed E-state index contributed by atoms with van der Waals surface area (Å²) >= 11 is 8.55. The quantitative estimate of drug-likeness (QED) is 0.251. The Morgan fingerprint density at radius 1 is 0.917 bits per heavy atom. The van der Waals surface area contributed by atoms with Crippen molar-refractivity contribution >= 4 is 45.1 Å². The van der Waals surface area contributed by atoms with Gasteiger partial charge in [-0.05, 0) is 69.5 Å². The Morgan fingerprint density at radius 2 is 1.64 bits per heavy atom. The van der Waals surface area contributed by atoms with Crippen molar-refractivity contribution in [1.82, 2.24) is 16.2 Å². The van der Waals surface area contributed by atoms with E-state index in [4.69, 9.17) is 21.7 Å². The molecular weight excluding hydrogens is 542 g/mol. The SMILES string of the molecule is CC(C)c1ccccc1OCC(=O)NNC(=S)NC(=O)c1ccc(OCCc2ccccc2)c(Br)c1. The van der Waals surface area contributed by atoms with Crippen molar-refractivity contribution < 1.29 is 19.1 Å². The summed E-state index contributed by atoms with van der Waals surface area (Å²) in [6.45, 7) is 4.41. The van der Waals surface area contributed by atoms with E-state index in [1.54, 1.807) is 18.2 Å². The number of amides is 2. The maximum absolute atomic E-state index is 12.5. The van der Waals surface area contributed by atoms with Crippen LogP contribution in [0.5, 0.6) is 11.5 Å². The van der Waals surface area contributed by atoms with E-state index in [-0.39, 0.29) is 17.6 Å². The number of hydrogen-bond donors (Lipinski definition) is 3. The van der Waals surface area contributed by atoms with Gasteiger partial charge in [-0.1, -0.05) is 62.4 Å². The van der Waals surface area contributed by atoms with E-state index in [1.165, 1.54) is 5.56 Å². The molecule has 0 fully saturated rings. The summed E-state index contributed by atoms with van der Waals surface area (Å²) in [5.74, 6) is 0.677. The first kappa shape index (κ1) is 27.2. The van der Waals surface area contributed by atoms with Crippen LogP contribution in [-0.2, 0) is 11.2 Å². The van der Waals surface area contributed by atoms with E-state index >= 15 is 0 Å². The third-order valence-electron chi connectivity index (χ3n) is 5.13. The summed E-state index contributed by atoms with van der Waals surface area (Å²) in [7, 11) is 0. The van der Waals surface area contributed by atoms with E-state index in [2.05, 4.69) is 45.9 Å². The Morgan fingerprint density at radius 3 is 2.36 bits per heavy atom. The van der Waals surface area contributed by atoms with Crippen LogP contribution < -0.4 is 25.6 Å². The van der Waals surface area contributed by atoms with Crippen LogP contribution in [0.15, 0.2) is 77.3 Å². The summed E-state index contributed by atoms with van der Waals surface area (Å²) in [5, 5.41) is 2.48. The van der Waals surface area contributed by atoms with Crippen LogP contribution in [0, 0.1) is 0 Å².